The molecule has 0 amide bonds. The highest BCUT2D eigenvalue weighted by molar-refractivity contribution is 7.99. The molecule has 2 N–H and O–H groups in total. The number of non-ortho nitro benzene ring substituents is 1. The van der Waals surface area contributed by atoms with Crippen LogP contribution in [0.3, 0.4) is 0 Å². The van der Waals surface area contributed by atoms with Crippen LogP contribution in [0.4, 0.5) is 5.69 Å². The minimum atomic E-state index is -0.392. The molecule has 0 unspecified atom stereocenters. The molecule has 1 heterocycles. The average Bonchev–Trinajstić information content (AvgIpc) is 2.81. The lowest BCUT2D eigenvalue weighted by Crippen LogP contribution is -2.12. The number of hydrogen-bond acceptors (Lipinski definition) is 6. The summed E-state index contributed by atoms with van der Waals surface area (Å²) in [5, 5.41) is 19.6. The third kappa shape index (κ3) is 4.02. The second-order valence-corrected chi connectivity index (χ2v) is 5.55. The van der Waals surface area contributed by atoms with E-state index >= 15 is 0 Å². The minimum absolute atomic E-state index is 0.115. The highest BCUT2D eigenvalue weighted by Gasteiger charge is 2.09. The number of nitro groups is 1. The van der Waals surface area contributed by atoms with Crippen molar-refractivity contribution in [1.82, 2.24) is 14.8 Å². The molecule has 0 saturated heterocycles. The van der Waals surface area contributed by atoms with Crippen LogP contribution in [0.5, 0.6) is 0 Å². The second-order valence-electron chi connectivity index (χ2n) is 4.49. The van der Waals surface area contributed by atoms with Gasteiger partial charge in [0.15, 0.2) is 5.16 Å². The van der Waals surface area contributed by atoms with Crippen LogP contribution in [-0.4, -0.2) is 32.0 Å². The molecule has 112 valence electrons. The highest BCUT2D eigenvalue weighted by atomic mass is 32.2. The van der Waals surface area contributed by atoms with Crippen molar-refractivity contribution < 1.29 is 4.92 Å². The van der Waals surface area contributed by atoms with E-state index in [-0.39, 0.29) is 5.69 Å². The molecule has 0 radical (unpaired) electrons. The number of benzene rings is 1. The van der Waals surface area contributed by atoms with E-state index in [1.54, 1.807) is 23.9 Å². The molecule has 0 saturated carbocycles. The van der Waals surface area contributed by atoms with E-state index in [4.69, 9.17) is 5.73 Å². The quantitative estimate of drug-likeness (QED) is 0.475. The van der Waals surface area contributed by atoms with Crippen LogP contribution in [0.15, 0.2) is 29.4 Å². The number of nitro benzene ring substituents is 1. The lowest BCUT2D eigenvalue weighted by molar-refractivity contribution is -0.384. The van der Waals surface area contributed by atoms with Gasteiger partial charge in [-0.25, -0.2) is 0 Å². The Morgan fingerprint density at radius 1 is 1.33 bits per heavy atom. The van der Waals surface area contributed by atoms with Crippen LogP contribution in [0.25, 0.3) is 0 Å². The number of aromatic nitrogens is 3. The first-order valence-electron chi connectivity index (χ1n) is 6.58. The van der Waals surface area contributed by atoms with Crippen LogP contribution >= 0.6 is 11.8 Å². The van der Waals surface area contributed by atoms with Gasteiger partial charge in [-0.1, -0.05) is 23.9 Å². The largest absolute Gasteiger partial charge is 0.329 e. The lowest BCUT2D eigenvalue weighted by atomic mass is 10.1. The number of aryl methyl sites for hydroxylation is 2. The number of hydrogen-bond donors (Lipinski definition) is 1. The predicted molar refractivity (Wildman–Crippen MR) is 81.3 cm³/mol. The maximum absolute atomic E-state index is 10.6. The first kappa shape index (κ1) is 15.5. The Morgan fingerprint density at radius 3 is 2.67 bits per heavy atom. The summed E-state index contributed by atoms with van der Waals surface area (Å²) in [6, 6.07) is 6.63. The molecule has 0 fully saturated rings. The molecular formula is C13H17N5O2S. The van der Waals surface area contributed by atoms with Gasteiger partial charge in [0, 0.05) is 31.0 Å². The monoisotopic (exact) mass is 307 g/mol. The van der Waals surface area contributed by atoms with Crippen LogP contribution in [0.2, 0.25) is 0 Å². The fourth-order valence-corrected chi connectivity index (χ4v) is 2.90. The van der Waals surface area contributed by atoms with Crippen molar-refractivity contribution in [2.24, 2.45) is 5.73 Å². The van der Waals surface area contributed by atoms with Gasteiger partial charge in [-0.05, 0) is 18.9 Å². The Morgan fingerprint density at radius 2 is 2.05 bits per heavy atom. The zero-order valence-electron chi connectivity index (χ0n) is 11.7. The van der Waals surface area contributed by atoms with E-state index in [9.17, 15) is 10.1 Å². The van der Waals surface area contributed by atoms with E-state index in [0.717, 1.165) is 28.7 Å². The Kier molecular flexibility index (Phi) is 5.29. The maximum atomic E-state index is 10.6. The summed E-state index contributed by atoms with van der Waals surface area (Å²) in [5.41, 5.74) is 6.76. The van der Waals surface area contributed by atoms with Crippen molar-refractivity contribution in [3.8, 4) is 0 Å². The van der Waals surface area contributed by atoms with E-state index in [1.807, 2.05) is 11.5 Å². The van der Waals surface area contributed by atoms with Crippen molar-refractivity contribution in [1.29, 1.82) is 0 Å². The summed E-state index contributed by atoms with van der Waals surface area (Å²) in [7, 11) is 0. The van der Waals surface area contributed by atoms with Gasteiger partial charge in [-0.3, -0.25) is 10.1 Å². The first-order chi connectivity index (χ1) is 10.1. The van der Waals surface area contributed by atoms with E-state index in [1.165, 1.54) is 12.1 Å². The third-order valence-electron chi connectivity index (χ3n) is 3.02. The highest BCUT2D eigenvalue weighted by Crippen LogP contribution is 2.19. The van der Waals surface area contributed by atoms with Gasteiger partial charge in [0.1, 0.15) is 5.82 Å². The van der Waals surface area contributed by atoms with Crippen molar-refractivity contribution in [2.45, 2.75) is 25.0 Å². The minimum Gasteiger partial charge on any atom is -0.329 e. The van der Waals surface area contributed by atoms with Gasteiger partial charge in [0.2, 0.25) is 0 Å². The lowest BCUT2D eigenvalue weighted by Gasteiger charge is -2.06. The molecular weight excluding hydrogens is 290 g/mol. The summed E-state index contributed by atoms with van der Waals surface area (Å²) < 4.78 is 2.00. The smallest absolute Gasteiger partial charge is 0.269 e. The average molecular weight is 307 g/mol. The van der Waals surface area contributed by atoms with Crippen molar-refractivity contribution >= 4 is 17.4 Å². The first-order valence-corrected chi connectivity index (χ1v) is 7.56. The van der Waals surface area contributed by atoms with Crippen LogP contribution in [0, 0.1) is 17.0 Å². The molecule has 2 rings (SSSR count). The fourth-order valence-electron chi connectivity index (χ4n) is 1.90. The number of thioether (sulfide) groups is 1. The fraction of sp³-hybridized carbons (Fsp3) is 0.385. The van der Waals surface area contributed by atoms with Crippen LogP contribution < -0.4 is 5.73 Å². The van der Waals surface area contributed by atoms with Crippen molar-refractivity contribution in [2.75, 3.05) is 12.3 Å². The van der Waals surface area contributed by atoms with Crippen molar-refractivity contribution in [3.05, 3.63) is 45.8 Å². The zero-order valence-corrected chi connectivity index (χ0v) is 12.5. The maximum Gasteiger partial charge on any atom is 0.269 e. The number of nitrogens with two attached hydrogens (primary N) is 1. The van der Waals surface area contributed by atoms with E-state index in [0.29, 0.717) is 13.1 Å². The van der Waals surface area contributed by atoms with E-state index in [2.05, 4.69) is 10.2 Å². The normalized spacial score (nSPS) is 10.8. The topological polar surface area (TPSA) is 99.9 Å². The van der Waals surface area contributed by atoms with Gasteiger partial charge in [-0.2, -0.15) is 0 Å². The Hall–Kier alpha value is -1.93. The zero-order chi connectivity index (χ0) is 15.2. The molecule has 0 bridgehead atoms. The van der Waals surface area contributed by atoms with Crippen LogP contribution in [0.1, 0.15) is 11.4 Å². The number of rotatable bonds is 7. The molecule has 0 spiro atoms. The van der Waals surface area contributed by atoms with Gasteiger partial charge in [0.05, 0.1) is 4.92 Å². The Bertz CT molecular complexity index is 612. The van der Waals surface area contributed by atoms with Crippen molar-refractivity contribution in [3.63, 3.8) is 0 Å². The SMILES string of the molecule is Cc1nnc(SCCc2ccc([N+](=O)[O-])cc2)n1CCN. The summed E-state index contributed by atoms with van der Waals surface area (Å²) in [5.74, 6) is 1.69. The summed E-state index contributed by atoms with van der Waals surface area (Å²) in [6.45, 7) is 3.16. The molecule has 0 aliphatic rings. The van der Waals surface area contributed by atoms with E-state index < -0.39 is 4.92 Å². The predicted octanol–water partition coefficient (Wildman–Crippen LogP) is 1.79. The molecule has 1 aromatic heterocycles. The molecule has 0 atom stereocenters. The summed E-state index contributed by atoms with van der Waals surface area (Å²) >= 11 is 1.61. The van der Waals surface area contributed by atoms with Gasteiger partial charge >= 0.3 is 0 Å². The summed E-state index contributed by atoms with van der Waals surface area (Å²) in [6.07, 6.45) is 0.817. The molecule has 21 heavy (non-hydrogen) atoms. The second kappa shape index (κ2) is 7.19. The molecule has 7 nitrogen and oxygen atoms in total. The van der Waals surface area contributed by atoms with Crippen LogP contribution in [-0.2, 0) is 13.0 Å². The Balaban J connectivity index is 1.91. The Labute approximate surface area is 126 Å². The van der Waals surface area contributed by atoms with Gasteiger partial charge in [-0.15, -0.1) is 10.2 Å². The van der Waals surface area contributed by atoms with Gasteiger partial charge in [0.25, 0.3) is 5.69 Å². The van der Waals surface area contributed by atoms with Gasteiger partial charge < -0.3 is 10.3 Å². The molecule has 1 aromatic carbocycles. The molecule has 0 aliphatic carbocycles. The standard InChI is InChI=1S/C13H17N5O2S/c1-10-15-16-13(17(10)8-7-14)21-9-6-11-2-4-12(5-3-11)18(19)20/h2-5H,6-9,14H2,1H3. The third-order valence-corrected chi connectivity index (χ3v) is 3.99. The molecule has 2 aromatic rings. The molecule has 8 heteroatoms. The number of nitrogens with zero attached hydrogens (tertiary/aromatic N) is 4. The summed E-state index contributed by atoms with van der Waals surface area (Å²) in [4.78, 5) is 10.2. The molecule has 0 aliphatic heterocycles.